The Hall–Kier alpha value is -2.47. The third-order valence-corrected chi connectivity index (χ3v) is 3.34. The Kier molecular flexibility index (Phi) is 6.21. The molecule has 0 radical (unpaired) electrons. The fraction of sp³-hybridized carbons (Fsp3) is 0.500. The molecule has 8 nitrogen and oxygen atoms in total. The van der Waals surface area contributed by atoms with Crippen molar-refractivity contribution in [3.8, 4) is 6.07 Å². The van der Waals surface area contributed by atoms with Crippen LogP contribution in [0.4, 0.5) is 4.79 Å². The summed E-state index contributed by atoms with van der Waals surface area (Å²) in [6.45, 7) is 5.32. The normalized spacial score (nSPS) is 12.0. The Morgan fingerprint density at radius 2 is 2.09 bits per heavy atom. The highest BCUT2D eigenvalue weighted by molar-refractivity contribution is 7.09. The number of rotatable bonds is 5. The second kappa shape index (κ2) is 7.69. The summed E-state index contributed by atoms with van der Waals surface area (Å²) >= 11 is 1.14. The van der Waals surface area contributed by atoms with Gasteiger partial charge in [-0.1, -0.05) is 0 Å². The number of amides is 2. The van der Waals surface area contributed by atoms with Gasteiger partial charge in [0.25, 0.3) is 0 Å². The molecule has 23 heavy (non-hydrogen) atoms. The van der Waals surface area contributed by atoms with Crippen LogP contribution in [0.15, 0.2) is 5.38 Å². The lowest BCUT2D eigenvalue weighted by Gasteiger charge is -2.19. The molecule has 124 valence electrons. The van der Waals surface area contributed by atoms with Gasteiger partial charge in [-0.15, -0.1) is 11.3 Å². The summed E-state index contributed by atoms with van der Waals surface area (Å²) in [5.41, 5.74) is -0.590. The summed E-state index contributed by atoms with van der Waals surface area (Å²) in [5.74, 6) is -2.79. The molecule has 0 aliphatic rings. The van der Waals surface area contributed by atoms with E-state index in [9.17, 15) is 14.4 Å². The standard InChI is InChI=1S/C14H18N4O4S/c1-14(2,3)22-13(21)17-6-10-18-9(7-23-10)11(19)8(5-15)12(20)16-4/h7-8H,6H2,1-4H3,(H,16,20)(H,17,21)/t8-/m0/s1. The third kappa shape index (κ3) is 5.67. The maximum Gasteiger partial charge on any atom is 0.408 e. The monoisotopic (exact) mass is 338 g/mol. The zero-order chi connectivity index (χ0) is 17.6. The molecular weight excluding hydrogens is 320 g/mol. The minimum absolute atomic E-state index is 0.0196. The minimum atomic E-state index is -1.44. The van der Waals surface area contributed by atoms with E-state index in [0.717, 1.165) is 11.3 Å². The molecule has 1 heterocycles. The number of carbonyl (C=O) groups is 3. The predicted molar refractivity (Wildman–Crippen MR) is 82.7 cm³/mol. The van der Waals surface area contributed by atoms with Crippen LogP contribution in [0, 0.1) is 17.2 Å². The van der Waals surface area contributed by atoms with Crippen LogP contribution in [0.5, 0.6) is 0 Å². The SMILES string of the molecule is CNC(=O)[C@@H](C#N)C(=O)c1csc(CNC(=O)OC(C)(C)C)n1. The third-order valence-electron chi connectivity index (χ3n) is 2.49. The van der Waals surface area contributed by atoms with Crippen molar-refractivity contribution in [3.05, 3.63) is 16.1 Å². The first kappa shape index (κ1) is 18.6. The number of ketones is 1. The van der Waals surface area contributed by atoms with Crippen LogP contribution in [0.2, 0.25) is 0 Å². The molecule has 1 rings (SSSR count). The van der Waals surface area contributed by atoms with Crippen LogP contribution in [0.1, 0.15) is 36.3 Å². The Morgan fingerprint density at radius 3 is 2.61 bits per heavy atom. The van der Waals surface area contributed by atoms with Gasteiger partial charge in [0.05, 0.1) is 12.6 Å². The average Bonchev–Trinajstić information content (AvgIpc) is 2.92. The number of thiazole rings is 1. The van der Waals surface area contributed by atoms with E-state index < -0.39 is 29.3 Å². The van der Waals surface area contributed by atoms with Gasteiger partial charge in [0.1, 0.15) is 16.3 Å². The summed E-state index contributed by atoms with van der Waals surface area (Å²) in [6.07, 6.45) is -0.596. The summed E-state index contributed by atoms with van der Waals surface area (Å²) in [6, 6.07) is 1.65. The highest BCUT2D eigenvalue weighted by Gasteiger charge is 2.28. The topological polar surface area (TPSA) is 121 Å². The largest absolute Gasteiger partial charge is 0.444 e. The summed E-state index contributed by atoms with van der Waals surface area (Å²) in [4.78, 5) is 39.1. The van der Waals surface area contributed by atoms with Crippen LogP contribution in [0.3, 0.4) is 0 Å². The lowest BCUT2D eigenvalue weighted by atomic mass is 10.0. The van der Waals surface area contributed by atoms with Gasteiger partial charge in [0.2, 0.25) is 11.7 Å². The Bertz CT molecular complexity index is 642. The first-order chi connectivity index (χ1) is 10.7. The molecule has 0 unspecified atom stereocenters. The molecule has 1 atom stereocenters. The van der Waals surface area contributed by atoms with Gasteiger partial charge in [0, 0.05) is 12.4 Å². The second-order valence-electron chi connectivity index (χ2n) is 5.52. The number of aromatic nitrogens is 1. The number of alkyl carbamates (subject to hydrolysis) is 1. The van der Waals surface area contributed by atoms with Crippen molar-refractivity contribution >= 4 is 29.1 Å². The number of nitrogens with zero attached hydrogens (tertiary/aromatic N) is 2. The van der Waals surface area contributed by atoms with Crippen LogP contribution in [-0.2, 0) is 16.1 Å². The van der Waals surface area contributed by atoms with Crippen molar-refractivity contribution in [2.24, 2.45) is 5.92 Å². The van der Waals surface area contributed by atoms with E-state index in [1.807, 2.05) is 0 Å². The van der Waals surface area contributed by atoms with Gasteiger partial charge in [-0.05, 0) is 20.8 Å². The second-order valence-corrected chi connectivity index (χ2v) is 6.47. The van der Waals surface area contributed by atoms with Crippen molar-refractivity contribution in [2.45, 2.75) is 32.9 Å². The van der Waals surface area contributed by atoms with Crippen molar-refractivity contribution in [3.63, 3.8) is 0 Å². The van der Waals surface area contributed by atoms with E-state index in [1.165, 1.54) is 12.4 Å². The van der Waals surface area contributed by atoms with Gasteiger partial charge in [0.15, 0.2) is 5.92 Å². The number of ether oxygens (including phenoxy) is 1. The quantitative estimate of drug-likeness (QED) is 0.615. The smallest absolute Gasteiger partial charge is 0.408 e. The molecule has 0 saturated carbocycles. The molecule has 0 saturated heterocycles. The predicted octanol–water partition coefficient (Wildman–Crippen LogP) is 1.24. The highest BCUT2D eigenvalue weighted by atomic mass is 32.1. The Morgan fingerprint density at radius 1 is 1.43 bits per heavy atom. The number of nitriles is 1. The van der Waals surface area contributed by atoms with Crippen LogP contribution >= 0.6 is 11.3 Å². The van der Waals surface area contributed by atoms with Gasteiger partial charge in [-0.2, -0.15) is 5.26 Å². The number of nitrogens with one attached hydrogen (secondary N) is 2. The van der Waals surface area contributed by atoms with Crippen molar-refractivity contribution in [1.29, 1.82) is 5.26 Å². The maximum absolute atomic E-state index is 12.1. The number of hydrogen-bond donors (Lipinski definition) is 2. The van der Waals surface area contributed by atoms with Gasteiger partial charge in [-0.25, -0.2) is 9.78 Å². The van der Waals surface area contributed by atoms with Gasteiger partial charge >= 0.3 is 6.09 Å². The molecule has 1 aromatic rings. The first-order valence-electron chi connectivity index (χ1n) is 6.74. The summed E-state index contributed by atoms with van der Waals surface area (Å²) in [7, 11) is 1.34. The zero-order valence-electron chi connectivity index (χ0n) is 13.3. The lowest BCUT2D eigenvalue weighted by Crippen LogP contribution is -2.32. The van der Waals surface area contributed by atoms with E-state index in [1.54, 1.807) is 26.8 Å². The molecule has 0 spiro atoms. The first-order valence-corrected chi connectivity index (χ1v) is 7.62. The molecule has 2 N–H and O–H groups in total. The molecule has 2 amide bonds. The number of carbonyl (C=O) groups excluding carboxylic acids is 3. The molecule has 0 fully saturated rings. The van der Waals surface area contributed by atoms with Crippen LogP contribution in [-0.4, -0.2) is 35.4 Å². The van der Waals surface area contributed by atoms with E-state index in [-0.39, 0.29) is 12.2 Å². The highest BCUT2D eigenvalue weighted by Crippen LogP contribution is 2.14. The minimum Gasteiger partial charge on any atom is -0.444 e. The summed E-state index contributed by atoms with van der Waals surface area (Å²) < 4.78 is 5.08. The number of Topliss-reactive ketones (excluding diaryl/α,β-unsaturated/α-hetero) is 1. The Balaban J connectivity index is 2.68. The maximum atomic E-state index is 12.1. The van der Waals surface area contributed by atoms with E-state index in [4.69, 9.17) is 10.00 Å². The van der Waals surface area contributed by atoms with Crippen LogP contribution < -0.4 is 10.6 Å². The molecule has 0 aromatic carbocycles. The lowest BCUT2D eigenvalue weighted by molar-refractivity contribution is -0.121. The summed E-state index contributed by atoms with van der Waals surface area (Å²) in [5, 5.41) is 15.6. The van der Waals surface area contributed by atoms with Crippen LogP contribution in [0.25, 0.3) is 0 Å². The average molecular weight is 338 g/mol. The van der Waals surface area contributed by atoms with E-state index in [0.29, 0.717) is 5.01 Å². The molecule has 0 aliphatic carbocycles. The van der Waals surface area contributed by atoms with E-state index >= 15 is 0 Å². The van der Waals surface area contributed by atoms with Crippen molar-refractivity contribution in [2.75, 3.05) is 7.05 Å². The molecule has 0 bridgehead atoms. The fourth-order valence-corrected chi connectivity index (χ4v) is 2.22. The zero-order valence-corrected chi connectivity index (χ0v) is 14.1. The molecule has 0 aliphatic heterocycles. The van der Waals surface area contributed by atoms with Crippen molar-refractivity contribution < 1.29 is 19.1 Å². The Labute approximate surface area is 137 Å². The van der Waals surface area contributed by atoms with Gasteiger partial charge in [-0.3, -0.25) is 9.59 Å². The van der Waals surface area contributed by atoms with Crippen molar-refractivity contribution in [1.82, 2.24) is 15.6 Å². The molecule has 1 aromatic heterocycles. The molecular formula is C14H18N4O4S. The van der Waals surface area contributed by atoms with E-state index in [2.05, 4.69) is 15.6 Å². The number of hydrogen-bond acceptors (Lipinski definition) is 7. The van der Waals surface area contributed by atoms with Gasteiger partial charge < -0.3 is 15.4 Å². The molecule has 9 heteroatoms. The fourth-order valence-electron chi connectivity index (χ4n) is 1.50.